The van der Waals surface area contributed by atoms with Crippen molar-refractivity contribution < 1.29 is 0 Å². The molecule has 0 spiro atoms. The average molecular weight is 291 g/mol. The van der Waals surface area contributed by atoms with Crippen molar-refractivity contribution in [2.24, 2.45) is 14.1 Å². The monoisotopic (exact) mass is 291 g/mol. The molecule has 0 aliphatic rings. The fourth-order valence-electron chi connectivity index (χ4n) is 2.08. The number of aromatic amines is 2. The number of H-pyrrole nitrogens is 2. The number of hydrogen-bond acceptors (Lipinski definition) is 5. The lowest BCUT2D eigenvalue weighted by Gasteiger charge is -2.07. The molecule has 0 aliphatic carbocycles. The first kappa shape index (κ1) is 12.5. The van der Waals surface area contributed by atoms with Crippen molar-refractivity contribution in [2.75, 3.05) is 0 Å². The number of nitrogens with one attached hydrogen (secondary N) is 2. The molecule has 0 aliphatic heterocycles. The molecular weight excluding hydrogens is 282 g/mol. The van der Waals surface area contributed by atoms with E-state index in [9.17, 15) is 14.4 Å². The van der Waals surface area contributed by atoms with Gasteiger partial charge in [-0.3, -0.25) is 23.7 Å². The first-order valence-corrected chi connectivity index (χ1v) is 6.04. The summed E-state index contributed by atoms with van der Waals surface area (Å²) in [5, 5.41) is 0.403. The van der Waals surface area contributed by atoms with E-state index < -0.39 is 16.8 Å². The smallest absolute Gasteiger partial charge is 0.316 e. The lowest BCUT2D eigenvalue weighted by Crippen LogP contribution is -2.37. The SMILES string of the molecule is Cn1c(=O)c2cc3c(=O)[nH]c(=S)[nH]c3nc2n(C)c1=O. The highest BCUT2D eigenvalue weighted by Crippen LogP contribution is 2.10. The second-order valence-corrected chi connectivity index (χ2v) is 4.78. The van der Waals surface area contributed by atoms with Crippen LogP contribution in [0.4, 0.5) is 0 Å². The van der Waals surface area contributed by atoms with Gasteiger partial charge in [0.25, 0.3) is 11.1 Å². The summed E-state index contributed by atoms with van der Waals surface area (Å²) in [6, 6.07) is 1.41. The first-order chi connectivity index (χ1) is 9.40. The van der Waals surface area contributed by atoms with Gasteiger partial charge in [-0.1, -0.05) is 0 Å². The van der Waals surface area contributed by atoms with Crippen LogP contribution in [0.1, 0.15) is 0 Å². The number of nitrogens with zero attached hydrogens (tertiary/aromatic N) is 3. The summed E-state index contributed by atoms with van der Waals surface area (Å²) in [5.41, 5.74) is -0.998. The molecule has 0 radical (unpaired) electrons. The van der Waals surface area contributed by atoms with Gasteiger partial charge < -0.3 is 4.98 Å². The Morgan fingerprint density at radius 2 is 1.80 bits per heavy atom. The van der Waals surface area contributed by atoms with E-state index in [-0.39, 0.29) is 26.8 Å². The highest BCUT2D eigenvalue weighted by molar-refractivity contribution is 7.71. The Kier molecular flexibility index (Phi) is 2.48. The lowest BCUT2D eigenvalue weighted by molar-refractivity contribution is 0.708. The predicted molar refractivity (Wildman–Crippen MR) is 75.5 cm³/mol. The normalized spacial score (nSPS) is 11.3. The zero-order valence-electron chi connectivity index (χ0n) is 10.6. The third kappa shape index (κ3) is 1.56. The molecule has 0 atom stereocenters. The molecule has 20 heavy (non-hydrogen) atoms. The average Bonchev–Trinajstić information content (AvgIpc) is 2.41. The van der Waals surface area contributed by atoms with Gasteiger partial charge in [-0.2, -0.15) is 0 Å². The van der Waals surface area contributed by atoms with E-state index in [0.717, 1.165) is 4.57 Å². The topological polar surface area (TPSA) is 106 Å². The van der Waals surface area contributed by atoms with Crippen LogP contribution < -0.4 is 16.8 Å². The van der Waals surface area contributed by atoms with Crippen LogP contribution in [0.15, 0.2) is 20.4 Å². The van der Waals surface area contributed by atoms with Crippen LogP contribution in [0.3, 0.4) is 0 Å². The summed E-state index contributed by atoms with van der Waals surface area (Å²) >= 11 is 4.87. The van der Waals surface area contributed by atoms with Gasteiger partial charge in [0.05, 0.1) is 10.8 Å². The van der Waals surface area contributed by atoms with E-state index in [1.54, 1.807) is 0 Å². The zero-order chi connectivity index (χ0) is 14.6. The third-order valence-electron chi connectivity index (χ3n) is 3.13. The maximum atomic E-state index is 12.1. The predicted octanol–water partition coefficient (Wildman–Crippen LogP) is -0.469. The molecule has 8 nitrogen and oxygen atoms in total. The minimum Gasteiger partial charge on any atom is -0.316 e. The Morgan fingerprint density at radius 1 is 1.10 bits per heavy atom. The molecule has 9 heteroatoms. The standard InChI is InChI=1S/C11H9N5O3S/c1-15-7-5(9(18)16(2)11(15)19)3-4-6(12-7)13-10(20)14-8(4)17/h3H,1-2H3,(H2,12,13,14,17,20). The van der Waals surface area contributed by atoms with Gasteiger partial charge in [0, 0.05) is 14.1 Å². The van der Waals surface area contributed by atoms with Gasteiger partial charge in [0.2, 0.25) is 0 Å². The van der Waals surface area contributed by atoms with Gasteiger partial charge in [-0.15, -0.1) is 0 Å². The van der Waals surface area contributed by atoms with Crippen LogP contribution in [0, 0.1) is 4.77 Å². The molecule has 3 aromatic heterocycles. The maximum absolute atomic E-state index is 12.1. The maximum Gasteiger partial charge on any atom is 0.332 e. The van der Waals surface area contributed by atoms with E-state index in [4.69, 9.17) is 12.2 Å². The second-order valence-electron chi connectivity index (χ2n) is 4.37. The summed E-state index contributed by atoms with van der Waals surface area (Å²) in [4.78, 5) is 45.1. The van der Waals surface area contributed by atoms with Crippen LogP contribution in [-0.2, 0) is 14.1 Å². The van der Waals surface area contributed by atoms with Crippen molar-refractivity contribution >= 4 is 34.3 Å². The Bertz CT molecular complexity index is 1100. The first-order valence-electron chi connectivity index (χ1n) is 5.63. The Hall–Kier alpha value is -2.55. The van der Waals surface area contributed by atoms with Crippen molar-refractivity contribution in [1.82, 2.24) is 24.1 Å². The molecule has 102 valence electrons. The summed E-state index contributed by atoms with van der Waals surface area (Å²) < 4.78 is 2.34. The number of pyridine rings is 1. The highest BCUT2D eigenvalue weighted by Gasteiger charge is 2.12. The molecule has 2 N–H and O–H groups in total. The van der Waals surface area contributed by atoms with Crippen molar-refractivity contribution in [2.45, 2.75) is 0 Å². The largest absolute Gasteiger partial charge is 0.332 e. The Labute approximate surface area is 115 Å². The number of rotatable bonds is 0. The fourth-order valence-corrected chi connectivity index (χ4v) is 2.27. The Balaban J connectivity index is 2.73. The molecule has 0 fully saturated rings. The van der Waals surface area contributed by atoms with Gasteiger partial charge >= 0.3 is 5.69 Å². The summed E-state index contributed by atoms with van der Waals surface area (Å²) in [7, 11) is 2.88. The van der Waals surface area contributed by atoms with Gasteiger partial charge in [-0.25, -0.2) is 9.78 Å². The molecule has 0 aromatic carbocycles. The molecular formula is C11H9N5O3S. The van der Waals surface area contributed by atoms with Crippen molar-refractivity contribution in [3.63, 3.8) is 0 Å². The minimum absolute atomic E-state index is 0.128. The van der Waals surface area contributed by atoms with E-state index in [1.807, 2.05) is 0 Å². The highest BCUT2D eigenvalue weighted by atomic mass is 32.1. The molecule has 0 unspecified atom stereocenters. The molecule has 0 saturated carbocycles. The van der Waals surface area contributed by atoms with Crippen LogP contribution in [0.5, 0.6) is 0 Å². The lowest BCUT2D eigenvalue weighted by atomic mass is 10.2. The molecule has 0 amide bonds. The number of aryl methyl sites for hydroxylation is 1. The summed E-state index contributed by atoms with van der Waals surface area (Å²) in [5.74, 6) is 0. The fraction of sp³-hybridized carbons (Fsp3) is 0.182. The number of hydrogen-bond donors (Lipinski definition) is 2. The van der Waals surface area contributed by atoms with Crippen molar-refractivity contribution in [1.29, 1.82) is 0 Å². The second kappa shape index (κ2) is 3.97. The summed E-state index contributed by atoms with van der Waals surface area (Å²) in [6.07, 6.45) is 0. The third-order valence-corrected chi connectivity index (χ3v) is 3.34. The van der Waals surface area contributed by atoms with Gasteiger partial charge in [0.15, 0.2) is 10.4 Å². The Morgan fingerprint density at radius 3 is 2.50 bits per heavy atom. The quantitative estimate of drug-likeness (QED) is 0.430. The molecule has 0 saturated heterocycles. The van der Waals surface area contributed by atoms with Crippen molar-refractivity contribution in [3.8, 4) is 0 Å². The van der Waals surface area contributed by atoms with E-state index in [0.29, 0.717) is 0 Å². The van der Waals surface area contributed by atoms with Crippen LogP contribution in [-0.4, -0.2) is 24.1 Å². The van der Waals surface area contributed by atoms with E-state index >= 15 is 0 Å². The van der Waals surface area contributed by atoms with E-state index in [1.165, 1.54) is 24.7 Å². The van der Waals surface area contributed by atoms with Crippen LogP contribution in [0.2, 0.25) is 0 Å². The van der Waals surface area contributed by atoms with Crippen LogP contribution in [0.25, 0.3) is 22.1 Å². The van der Waals surface area contributed by atoms with Gasteiger partial charge in [0.1, 0.15) is 5.65 Å². The molecule has 3 aromatic rings. The van der Waals surface area contributed by atoms with Crippen LogP contribution >= 0.6 is 12.2 Å². The van der Waals surface area contributed by atoms with E-state index in [2.05, 4.69) is 15.0 Å². The number of fused-ring (bicyclic) bond motifs is 2. The van der Waals surface area contributed by atoms with Crippen molar-refractivity contribution in [3.05, 3.63) is 42.0 Å². The molecule has 3 heterocycles. The minimum atomic E-state index is -0.501. The zero-order valence-corrected chi connectivity index (χ0v) is 11.4. The number of aromatic nitrogens is 5. The molecule has 3 rings (SSSR count). The summed E-state index contributed by atoms with van der Waals surface area (Å²) in [6.45, 7) is 0. The van der Waals surface area contributed by atoms with Gasteiger partial charge in [-0.05, 0) is 18.3 Å². The molecule has 0 bridgehead atoms.